The van der Waals surface area contributed by atoms with Gasteiger partial charge in [0.15, 0.2) is 11.5 Å². The second kappa shape index (κ2) is 8.63. The Labute approximate surface area is 173 Å². The van der Waals surface area contributed by atoms with Gasteiger partial charge in [-0.25, -0.2) is 0 Å². The van der Waals surface area contributed by atoms with Gasteiger partial charge in [0.05, 0.1) is 24.5 Å². The number of carbonyl (C=O) groups excluding carboxylic acids is 1. The molecule has 1 atom stereocenters. The number of hydrogen-bond donors (Lipinski definition) is 0. The number of nitrogens with zero attached hydrogens (tertiary/aromatic N) is 1. The second-order valence-electron chi connectivity index (χ2n) is 6.32. The van der Waals surface area contributed by atoms with E-state index in [9.17, 15) is 4.79 Å². The summed E-state index contributed by atoms with van der Waals surface area (Å²) in [5, 5.41) is 0.946. The molecular weight excluding hydrogens is 405 g/mol. The maximum Gasteiger partial charge on any atom is 0.236 e. The Bertz CT molecular complexity index is 859. The van der Waals surface area contributed by atoms with Gasteiger partial charge >= 0.3 is 0 Å². The fourth-order valence-electron chi connectivity index (χ4n) is 3.14. The van der Waals surface area contributed by atoms with Crippen LogP contribution in [0.2, 0.25) is 10.0 Å². The van der Waals surface area contributed by atoms with Crippen LogP contribution in [-0.4, -0.2) is 36.8 Å². The van der Waals surface area contributed by atoms with Gasteiger partial charge in [0.25, 0.3) is 0 Å². The lowest BCUT2D eigenvalue weighted by atomic mass is 9.98. The van der Waals surface area contributed by atoms with E-state index in [1.807, 2.05) is 24.0 Å². The first-order valence-corrected chi connectivity index (χ1v) is 10.2. The molecule has 7 heteroatoms. The Balaban J connectivity index is 1.74. The largest absolute Gasteiger partial charge is 0.493 e. The van der Waals surface area contributed by atoms with Gasteiger partial charge in [-0.15, -0.1) is 11.8 Å². The predicted molar refractivity (Wildman–Crippen MR) is 110 cm³/mol. The van der Waals surface area contributed by atoms with Gasteiger partial charge in [-0.3, -0.25) is 4.79 Å². The summed E-state index contributed by atoms with van der Waals surface area (Å²) in [6.45, 7) is 3.13. The van der Waals surface area contributed by atoms with Crippen LogP contribution >= 0.6 is 35.0 Å². The summed E-state index contributed by atoms with van der Waals surface area (Å²) in [5.41, 5.74) is 2.28. The van der Waals surface area contributed by atoms with Gasteiger partial charge in [-0.1, -0.05) is 23.2 Å². The van der Waals surface area contributed by atoms with Crippen LogP contribution in [0, 0.1) is 0 Å². The molecular formula is C20H21Cl2NO3S. The highest BCUT2D eigenvalue weighted by Gasteiger charge is 2.27. The maximum absolute atomic E-state index is 13.0. The second-order valence-corrected chi connectivity index (χ2v) is 8.55. The van der Waals surface area contributed by atoms with Crippen molar-refractivity contribution in [3.05, 3.63) is 51.5 Å². The molecule has 0 bridgehead atoms. The molecule has 3 rings (SSSR count). The summed E-state index contributed by atoms with van der Waals surface area (Å²) in [6, 6.07) is 9.24. The first-order valence-electron chi connectivity index (χ1n) is 8.57. The van der Waals surface area contributed by atoms with Crippen LogP contribution in [-0.2, 0) is 17.8 Å². The van der Waals surface area contributed by atoms with Crippen molar-refractivity contribution in [2.24, 2.45) is 0 Å². The molecule has 0 spiro atoms. The maximum atomic E-state index is 13.0. The van der Waals surface area contributed by atoms with Crippen LogP contribution in [0.5, 0.6) is 11.5 Å². The van der Waals surface area contributed by atoms with E-state index in [-0.39, 0.29) is 11.2 Å². The quantitative estimate of drug-likeness (QED) is 0.626. The average molecular weight is 426 g/mol. The van der Waals surface area contributed by atoms with Crippen molar-refractivity contribution >= 4 is 40.9 Å². The van der Waals surface area contributed by atoms with Crippen LogP contribution in [0.25, 0.3) is 0 Å². The smallest absolute Gasteiger partial charge is 0.236 e. The number of fused-ring (bicyclic) bond motifs is 1. The minimum absolute atomic E-state index is 0.0801. The van der Waals surface area contributed by atoms with Crippen molar-refractivity contribution in [1.82, 2.24) is 4.90 Å². The molecule has 0 radical (unpaired) electrons. The SMILES string of the molecule is COc1cc2c(cc1OC)CN(C(=O)C(C)Sc1cc(Cl)ccc1Cl)CC2. The third kappa shape index (κ3) is 4.48. The molecule has 0 aromatic heterocycles. The van der Waals surface area contributed by atoms with Gasteiger partial charge in [-0.05, 0) is 54.8 Å². The van der Waals surface area contributed by atoms with Gasteiger partial charge in [-0.2, -0.15) is 0 Å². The van der Waals surface area contributed by atoms with E-state index in [0.29, 0.717) is 28.9 Å². The molecule has 1 aliphatic rings. The highest BCUT2D eigenvalue weighted by molar-refractivity contribution is 8.00. The first-order chi connectivity index (χ1) is 12.9. The number of rotatable bonds is 5. The highest BCUT2D eigenvalue weighted by Crippen LogP contribution is 2.36. The molecule has 1 unspecified atom stereocenters. The number of hydrogen-bond acceptors (Lipinski definition) is 4. The van der Waals surface area contributed by atoms with E-state index >= 15 is 0 Å². The van der Waals surface area contributed by atoms with Gasteiger partial charge in [0.2, 0.25) is 5.91 Å². The Kier molecular flexibility index (Phi) is 6.45. The van der Waals surface area contributed by atoms with Crippen molar-refractivity contribution in [3.8, 4) is 11.5 Å². The molecule has 1 amide bonds. The van der Waals surface area contributed by atoms with Crippen LogP contribution in [0.1, 0.15) is 18.1 Å². The third-order valence-corrected chi connectivity index (χ3v) is 6.40. The molecule has 0 fully saturated rings. The van der Waals surface area contributed by atoms with E-state index in [0.717, 1.165) is 22.6 Å². The normalized spacial score (nSPS) is 14.5. The van der Waals surface area contributed by atoms with Gasteiger partial charge in [0, 0.05) is 23.0 Å². The Morgan fingerprint density at radius 2 is 1.78 bits per heavy atom. The van der Waals surface area contributed by atoms with Crippen LogP contribution < -0.4 is 9.47 Å². The number of thioether (sulfide) groups is 1. The van der Waals surface area contributed by atoms with Crippen molar-refractivity contribution in [2.75, 3.05) is 20.8 Å². The number of carbonyl (C=O) groups is 1. The molecule has 0 saturated carbocycles. The molecule has 1 aliphatic heterocycles. The molecule has 2 aromatic carbocycles. The Hall–Kier alpha value is -1.56. The molecule has 0 aliphatic carbocycles. The van der Waals surface area contributed by atoms with Gasteiger partial charge < -0.3 is 14.4 Å². The fraction of sp³-hybridized carbons (Fsp3) is 0.350. The number of amides is 1. The van der Waals surface area contributed by atoms with E-state index in [1.54, 1.807) is 32.4 Å². The van der Waals surface area contributed by atoms with Crippen molar-refractivity contribution < 1.29 is 14.3 Å². The van der Waals surface area contributed by atoms with Crippen molar-refractivity contribution in [2.45, 2.75) is 30.0 Å². The summed E-state index contributed by atoms with van der Waals surface area (Å²) in [5.74, 6) is 1.48. The molecule has 2 aromatic rings. The summed E-state index contributed by atoms with van der Waals surface area (Å²) < 4.78 is 10.8. The number of ether oxygens (including phenoxy) is 2. The Morgan fingerprint density at radius 1 is 1.11 bits per heavy atom. The van der Waals surface area contributed by atoms with Crippen molar-refractivity contribution in [1.29, 1.82) is 0 Å². The predicted octanol–water partition coefficient (Wildman–Crippen LogP) is 5.08. The lowest BCUT2D eigenvalue weighted by Gasteiger charge is -2.31. The van der Waals surface area contributed by atoms with E-state index in [1.165, 1.54) is 17.3 Å². The zero-order valence-electron chi connectivity index (χ0n) is 15.4. The van der Waals surface area contributed by atoms with Crippen molar-refractivity contribution in [3.63, 3.8) is 0 Å². The molecule has 0 saturated heterocycles. The highest BCUT2D eigenvalue weighted by atomic mass is 35.5. The standard InChI is InChI=1S/C20H21Cl2NO3S/c1-12(27-19-10-15(21)4-5-16(19)22)20(24)23-7-6-13-8-17(25-2)18(26-3)9-14(13)11-23/h4-5,8-10,12H,6-7,11H2,1-3H3. The summed E-state index contributed by atoms with van der Waals surface area (Å²) in [6.07, 6.45) is 0.788. The molecule has 27 heavy (non-hydrogen) atoms. The van der Waals surface area contributed by atoms with E-state index in [4.69, 9.17) is 32.7 Å². The fourth-order valence-corrected chi connectivity index (χ4v) is 4.63. The number of halogens is 2. The topological polar surface area (TPSA) is 38.8 Å². The van der Waals surface area contributed by atoms with Gasteiger partial charge in [0.1, 0.15) is 0 Å². The first kappa shape index (κ1) is 20.2. The molecule has 1 heterocycles. The summed E-state index contributed by atoms with van der Waals surface area (Å²) in [7, 11) is 3.24. The molecule has 0 N–H and O–H groups in total. The Morgan fingerprint density at radius 3 is 2.44 bits per heavy atom. The van der Waals surface area contributed by atoms with E-state index < -0.39 is 0 Å². The average Bonchev–Trinajstić information content (AvgIpc) is 2.68. The molecule has 4 nitrogen and oxygen atoms in total. The number of benzene rings is 2. The van der Waals surface area contributed by atoms with E-state index in [2.05, 4.69) is 0 Å². The number of methoxy groups -OCH3 is 2. The minimum atomic E-state index is -0.261. The van der Waals surface area contributed by atoms with Crippen LogP contribution in [0.4, 0.5) is 0 Å². The summed E-state index contributed by atoms with van der Waals surface area (Å²) >= 11 is 13.7. The third-order valence-electron chi connectivity index (χ3n) is 4.57. The zero-order chi connectivity index (χ0) is 19.6. The van der Waals surface area contributed by atoms with Crippen LogP contribution in [0.3, 0.4) is 0 Å². The zero-order valence-corrected chi connectivity index (χ0v) is 17.7. The molecule has 144 valence electrons. The lowest BCUT2D eigenvalue weighted by Crippen LogP contribution is -2.40. The minimum Gasteiger partial charge on any atom is -0.493 e. The monoisotopic (exact) mass is 425 g/mol. The summed E-state index contributed by atoms with van der Waals surface area (Å²) in [4.78, 5) is 15.7. The van der Waals surface area contributed by atoms with Crippen LogP contribution in [0.15, 0.2) is 35.2 Å². The lowest BCUT2D eigenvalue weighted by molar-refractivity contribution is -0.131.